The molecule has 1 saturated carbocycles. The summed E-state index contributed by atoms with van der Waals surface area (Å²) in [5, 5.41) is 0. The van der Waals surface area contributed by atoms with Gasteiger partial charge in [0.1, 0.15) is 11.9 Å². The fraction of sp³-hybridized carbons (Fsp3) is 0.714. The van der Waals surface area contributed by atoms with Crippen LogP contribution in [0.4, 0.5) is 4.39 Å². The second-order valence-electron chi connectivity index (χ2n) is 7.14. The minimum absolute atomic E-state index is 0.267. The van der Waals surface area contributed by atoms with Gasteiger partial charge in [-0.3, -0.25) is 0 Å². The summed E-state index contributed by atoms with van der Waals surface area (Å²) in [5.74, 6) is 2.02. The van der Waals surface area contributed by atoms with Crippen molar-refractivity contribution in [2.75, 3.05) is 6.61 Å². The van der Waals surface area contributed by atoms with Crippen molar-refractivity contribution in [2.45, 2.75) is 77.8 Å². The van der Waals surface area contributed by atoms with Crippen LogP contribution in [0.1, 0.15) is 70.8 Å². The maximum atomic E-state index is 14.6. The van der Waals surface area contributed by atoms with Crippen molar-refractivity contribution in [3.05, 3.63) is 29.8 Å². The van der Waals surface area contributed by atoms with Gasteiger partial charge in [-0.05, 0) is 48.8 Å². The monoisotopic (exact) mass is 320 g/mol. The van der Waals surface area contributed by atoms with Crippen LogP contribution < -0.4 is 4.74 Å². The Morgan fingerprint density at radius 2 is 1.74 bits per heavy atom. The number of alkyl halides is 1. The summed E-state index contributed by atoms with van der Waals surface area (Å²) in [6.45, 7) is 5.17. The molecule has 1 atom stereocenters. The molecule has 1 aromatic rings. The predicted octanol–water partition coefficient (Wildman–Crippen LogP) is 6.35. The number of rotatable bonds is 9. The highest BCUT2D eigenvalue weighted by Crippen LogP contribution is 2.35. The first kappa shape index (κ1) is 18.3. The number of benzene rings is 1. The molecule has 1 fully saturated rings. The van der Waals surface area contributed by atoms with Crippen LogP contribution >= 0.6 is 0 Å². The van der Waals surface area contributed by atoms with Crippen molar-refractivity contribution < 1.29 is 9.13 Å². The van der Waals surface area contributed by atoms with Crippen LogP contribution in [0.5, 0.6) is 5.75 Å². The van der Waals surface area contributed by atoms with E-state index in [-0.39, 0.29) is 5.92 Å². The largest absolute Gasteiger partial charge is 0.494 e. The van der Waals surface area contributed by atoms with Crippen LogP contribution in [0.25, 0.3) is 0 Å². The summed E-state index contributed by atoms with van der Waals surface area (Å²) >= 11 is 0. The lowest BCUT2D eigenvalue weighted by Crippen LogP contribution is -2.24. The zero-order valence-electron chi connectivity index (χ0n) is 14.9. The number of hydrogen-bond donors (Lipinski definition) is 0. The average Bonchev–Trinajstić information content (AvgIpc) is 2.57. The summed E-state index contributed by atoms with van der Waals surface area (Å²) < 4.78 is 20.3. The Hall–Kier alpha value is -1.05. The number of ether oxygens (including phenoxy) is 1. The van der Waals surface area contributed by atoms with Gasteiger partial charge in [-0.15, -0.1) is 0 Å². The van der Waals surface area contributed by atoms with Crippen molar-refractivity contribution >= 4 is 0 Å². The summed E-state index contributed by atoms with van der Waals surface area (Å²) in [5.41, 5.74) is 1.09. The Labute approximate surface area is 141 Å². The molecule has 0 radical (unpaired) electrons. The fourth-order valence-electron chi connectivity index (χ4n) is 3.69. The second-order valence-corrected chi connectivity index (χ2v) is 7.14. The van der Waals surface area contributed by atoms with E-state index in [1.54, 1.807) is 0 Å². The van der Waals surface area contributed by atoms with Gasteiger partial charge >= 0.3 is 0 Å². The Morgan fingerprint density at radius 3 is 2.35 bits per heavy atom. The summed E-state index contributed by atoms with van der Waals surface area (Å²) in [6, 6.07) is 8.01. The molecule has 0 saturated heterocycles. The molecule has 0 aliphatic heterocycles. The van der Waals surface area contributed by atoms with Gasteiger partial charge in [-0.25, -0.2) is 4.39 Å². The van der Waals surface area contributed by atoms with Crippen molar-refractivity contribution in [1.29, 1.82) is 0 Å². The summed E-state index contributed by atoms with van der Waals surface area (Å²) in [6.07, 6.45) is 9.27. The van der Waals surface area contributed by atoms with E-state index in [2.05, 4.69) is 13.8 Å². The molecule has 1 aliphatic carbocycles. The summed E-state index contributed by atoms with van der Waals surface area (Å²) in [7, 11) is 0. The first-order valence-electron chi connectivity index (χ1n) is 9.58. The minimum Gasteiger partial charge on any atom is -0.494 e. The van der Waals surface area contributed by atoms with Crippen molar-refractivity contribution in [1.82, 2.24) is 0 Å². The molecule has 23 heavy (non-hydrogen) atoms. The average molecular weight is 320 g/mol. The van der Waals surface area contributed by atoms with Crippen LogP contribution in [0.3, 0.4) is 0 Å². The Bertz CT molecular complexity index is 420. The third-order valence-corrected chi connectivity index (χ3v) is 5.22. The smallest absolute Gasteiger partial charge is 0.119 e. The van der Waals surface area contributed by atoms with Crippen LogP contribution in [0.2, 0.25) is 0 Å². The first-order valence-corrected chi connectivity index (χ1v) is 9.58. The van der Waals surface area contributed by atoms with E-state index in [1.165, 1.54) is 25.7 Å². The molecule has 1 nitrogen and oxygen atoms in total. The Morgan fingerprint density at radius 1 is 1.04 bits per heavy atom. The normalized spacial score (nSPS) is 22.7. The molecule has 0 spiro atoms. The molecule has 0 bridgehead atoms. The van der Waals surface area contributed by atoms with E-state index < -0.39 is 6.17 Å². The van der Waals surface area contributed by atoms with Crippen molar-refractivity contribution in [3.8, 4) is 5.75 Å². The molecule has 1 aliphatic rings. The highest BCUT2D eigenvalue weighted by Gasteiger charge is 2.27. The molecule has 2 heteroatoms. The highest BCUT2D eigenvalue weighted by molar-refractivity contribution is 5.27. The molecule has 130 valence electrons. The van der Waals surface area contributed by atoms with E-state index in [0.717, 1.165) is 49.5 Å². The fourth-order valence-corrected chi connectivity index (χ4v) is 3.69. The predicted molar refractivity (Wildman–Crippen MR) is 95.8 cm³/mol. The molecule has 0 heterocycles. The first-order chi connectivity index (χ1) is 11.2. The quantitative estimate of drug-likeness (QED) is 0.481. The molecular formula is C21H33FO. The molecular weight excluding hydrogens is 287 g/mol. The molecule has 2 rings (SSSR count). The maximum absolute atomic E-state index is 14.6. The Kier molecular flexibility index (Phi) is 7.91. The number of hydrogen-bond acceptors (Lipinski definition) is 1. The highest BCUT2D eigenvalue weighted by atomic mass is 19.1. The topological polar surface area (TPSA) is 9.23 Å². The van der Waals surface area contributed by atoms with Crippen LogP contribution in [0.15, 0.2) is 24.3 Å². The van der Waals surface area contributed by atoms with E-state index in [4.69, 9.17) is 4.74 Å². The van der Waals surface area contributed by atoms with Crippen LogP contribution in [0, 0.1) is 11.8 Å². The number of unbranched alkanes of at least 4 members (excludes halogenated alkanes) is 1. The minimum atomic E-state index is -0.690. The van der Waals surface area contributed by atoms with E-state index in [0.29, 0.717) is 6.42 Å². The molecule has 0 aromatic heterocycles. The van der Waals surface area contributed by atoms with Crippen LogP contribution in [-0.4, -0.2) is 12.8 Å². The molecule has 1 aromatic carbocycles. The van der Waals surface area contributed by atoms with Gasteiger partial charge in [0.25, 0.3) is 0 Å². The molecule has 0 N–H and O–H groups in total. The van der Waals surface area contributed by atoms with Gasteiger partial charge in [0.2, 0.25) is 0 Å². The Balaban J connectivity index is 1.75. The van der Waals surface area contributed by atoms with Crippen molar-refractivity contribution in [3.63, 3.8) is 0 Å². The second kappa shape index (κ2) is 9.95. The van der Waals surface area contributed by atoms with Gasteiger partial charge in [0, 0.05) is 6.42 Å². The maximum Gasteiger partial charge on any atom is 0.119 e. The van der Waals surface area contributed by atoms with Crippen molar-refractivity contribution in [2.24, 2.45) is 11.8 Å². The zero-order chi connectivity index (χ0) is 16.5. The van der Waals surface area contributed by atoms with E-state index in [9.17, 15) is 4.39 Å². The van der Waals surface area contributed by atoms with Crippen LogP contribution in [-0.2, 0) is 6.42 Å². The van der Waals surface area contributed by atoms with E-state index in [1.807, 2.05) is 24.3 Å². The lowest BCUT2D eigenvalue weighted by Gasteiger charge is -2.30. The SMILES string of the molecule is CCCCOc1ccc(CC(F)C2CCC(CCC)CC2)cc1. The van der Waals surface area contributed by atoms with Gasteiger partial charge < -0.3 is 4.74 Å². The van der Waals surface area contributed by atoms with Gasteiger partial charge in [-0.1, -0.05) is 58.1 Å². The van der Waals surface area contributed by atoms with Gasteiger partial charge in [-0.2, -0.15) is 0 Å². The van der Waals surface area contributed by atoms with E-state index >= 15 is 0 Å². The third-order valence-electron chi connectivity index (χ3n) is 5.22. The molecule has 1 unspecified atom stereocenters. The number of halogens is 1. The van der Waals surface area contributed by atoms with Gasteiger partial charge in [0.05, 0.1) is 6.61 Å². The lowest BCUT2D eigenvalue weighted by atomic mass is 9.77. The third kappa shape index (κ3) is 6.16. The lowest BCUT2D eigenvalue weighted by molar-refractivity contribution is 0.152. The standard InChI is InChI=1S/C21H33FO/c1-3-5-15-23-20-13-9-18(10-14-20)16-21(22)19-11-7-17(6-4-2)8-12-19/h9-10,13-14,17,19,21H,3-8,11-12,15-16H2,1-2H3. The summed E-state index contributed by atoms with van der Waals surface area (Å²) in [4.78, 5) is 0. The zero-order valence-corrected chi connectivity index (χ0v) is 14.9. The van der Waals surface area contributed by atoms with Gasteiger partial charge in [0.15, 0.2) is 0 Å². The molecule has 0 amide bonds.